The molecule has 0 aromatic carbocycles. The van der Waals surface area contributed by atoms with E-state index in [2.05, 4.69) is 0 Å². The molecule has 0 saturated carbocycles. The van der Waals surface area contributed by atoms with Gasteiger partial charge in [-0.2, -0.15) is 0 Å². The van der Waals surface area contributed by atoms with Crippen LogP contribution in [0.5, 0.6) is 0 Å². The molecule has 14 heavy (non-hydrogen) atoms. The van der Waals surface area contributed by atoms with Crippen LogP contribution < -0.4 is 0 Å². The zero-order chi connectivity index (χ0) is 9.90. The van der Waals surface area contributed by atoms with Crippen molar-refractivity contribution in [3.63, 3.8) is 0 Å². The van der Waals surface area contributed by atoms with Crippen LogP contribution in [0, 0.1) is 0 Å². The van der Waals surface area contributed by atoms with Crippen molar-refractivity contribution in [1.82, 2.24) is 0 Å². The van der Waals surface area contributed by atoms with Gasteiger partial charge in [-0.05, 0) is 62.0 Å². The maximum Gasteiger partial charge on any atom is 0.00454 e. The van der Waals surface area contributed by atoms with Gasteiger partial charge in [0.05, 0.1) is 0 Å². The fourth-order valence-electron chi connectivity index (χ4n) is 0.994. The van der Waals surface area contributed by atoms with Gasteiger partial charge in [-0.15, -0.1) is 0 Å². The number of rotatable bonds is 0. The molecule has 1 aliphatic heterocycles. The van der Waals surface area contributed by atoms with Gasteiger partial charge in [0.2, 0.25) is 0 Å². The van der Waals surface area contributed by atoms with E-state index in [1.54, 1.807) is 0 Å². The molecule has 84 valence electrons. The average molecular weight is 323 g/mol. The van der Waals surface area contributed by atoms with Gasteiger partial charge in [-0.3, -0.25) is 0 Å². The molecule has 0 aromatic heterocycles. The van der Waals surface area contributed by atoms with Crippen LogP contribution in [0.15, 0.2) is 0 Å². The van der Waals surface area contributed by atoms with Crippen LogP contribution in [-0.2, 0) is 0 Å². The highest BCUT2D eigenvalue weighted by Gasteiger charge is 1.98. The van der Waals surface area contributed by atoms with Crippen LogP contribution >= 0.6 is 70.7 Å². The summed E-state index contributed by atoms with van der Waals surface area (Å²) in [5.74, 6) is 2.65. The largest absolute Gasteiger partial charge is 0.0817 e. The van der Waals surface area contributed by atoms with Gasteiger partial charge in [0.1, 0.15) is 0 Å². The van der Waals surface area contributed by atoms with Crippen LogP contribution in [0.25, 0.3) is 0 Å². The van der Waals surface area contributed by atoms with E-state index in [0.29, 0.717) is 0 Å². The highest BCUT2D eigenvalue weighted by atomic mass is 33.9. The first-order valence-corrected chi connectivity index (χ1v) is 13.7. The lowest BCUT2D eigenvalue weighted by Crippen LogP contribution is -1.82. The van der Waals surface area contributed by atoms with E-state index < -0.39 is 0 Å². The minimum Gasteiger partial charge on any atom is -0.0817 e. The molecule has 0 unspecified atom stereocenters. The summed E-state index contributed by atoms with van der Waals surface area (Å²) in [6.07, 6.45) is 7.09. The predicted molar refractivity (Wildman–Crippen MR) is 86.0 cm³/mol. The predicted octanol–water partition coefficient (Wildman–Crippen LogP) is 6.57. The highest BCUT2D eigenvalue weighted by molar-refractivity contribution is 9.45. The summed E-state index contributed by atoms with van der Waals surface area (Å²) in [6.45, 7) is 0. The molecule has 0 amide bonds. The standard InChI is InChI=1S/C7H14S7/c1-2-4-6-8-10-12-14-13-11-9-7-5-3-1/h1-7H2. The lowest BCUT2D eigenvalue weighted by Gasteiger charge is -2.03. The fraction of sp³-hybridized carbons (Fsp3) is 1.00. The van der Waals surface area contributed by atoms with Crippen molar-refractivity contribution in [2.45, 2.75) is 32.1 Å². The monoisotopic (exact) mass is 322 g/mol. The molecule has 0 aromatic rings. The Morgan fingerprint density at radius 1 is 0.429 bits per heavy atom. The molecule has 0 aliphatic carbocycles. The van der Waals surface area contributed by atoms with Crippen molar-refractivity contribution < 1.29 is 0 Å². The molecule has 1 saturated heterocycles. The van der Waals surface area contributed by atoms with E-state index in [1.165, 1.54) is 43.6 Å². The van der Waals surface area contributed by atoms with Gasteiger partial charge in [-0.1, -0.05) is 40.9 Å². The summed E-state index contributed by atoms with van der Waals surface area (Å²) >= 11 is 0. The second-order valence-electron chi connectivity index (χ2n) is 2.75. The first-order valence-electron chi connectivity index (χ1n) is 4.58. The Kier molecular flexibility index (Phi) is 12.4. The average Bonchev–Trinajstić information content (AvgIpc) is 2.22. The molecule has 0 radical (unpaired) electrons. The van der Waals surface area contributed by atoms with Crippen molar-refractivity contribution in [3.05, 3.63) is 0 Å². The van der Waals surface area contributed by atoms with Gasteiger partial charge in [0, 0.05) is 11.5 Å². The Hall–Kier alpha value is 2.45. The molecule has 0 atom stereocenters. The minimum absolute atomic E-state index is 1.32. The molecular formula is C7H14S7. The Morgan fingerprint density at radius 3 is 1.43 bits per heavy atom. The van der Waals surface area contributed by atoms with E-state index in [-0.39, 0.29) is 0 Å². The SMILES string of the molecule is C1CCCSSSSSSSCCC1. The molecule has 7 heteroatoms. The highest BCUT2D eigenvalue weighted by Crippen LogP contribution is 2.55. The van der Waals surface area contributed by atoms with Crippen molar-refractivity contribution >= 4 is 70.7 Å². The molecule has 0 nitrogen and oxygen atoms in total. The topological polar surface area (TPSA) is 0 Å². The lowest BCUT2D eigenvalue weighted by atomic mass is 10.2. The van der Waals surface area contributed by atoms with Crippen molar-refractivity contribution in [1.29, 1.82) is 0 Å². The molecule has 1 fully saturated rings. The molecule has 0 bridgehead atoms. The van der Waals surface area contributed by atoms with Crippen molar-refractivity contribution in [3.8, 4) is 0 Å². The van der Waals surface area contributed by atoms with Crippen LogP contribution in [0.1, 0.15) is 32.1 Å². The normalized spacial score (nSPS) is 24.0. The van der Waals surface area contributed by atoms with Gasteiger partial charge in [0.25, 0.3) is 0 Å². The molecule has 1 aliphatic rings. The molecular weight excluding hydrogens is 309 g/mol. The molecule has 0 spiro atoms. The Morgan fingerprint density at radius 2 is 0.857 bits per heavy atom. The third-order valence-electron chi connectivity index (χ3n) is 1.66. The summed E-state index contributed by atoms with van der Waals surface area (Å²) in [4.78, 5) is 0. The second kappa shape index (κ2) is 11.9. The molecule has 1 rings (SSSR count). The Bertz CT molecular complexity index is 67.3. The van der Waals surface area contributed by atoms with Crippen LogP contribution in [0.4, 0.5) is 0 Å². The Labute approximate surface area is 113 Å². The summed E-state index contributed by atoms with van der Waals surface area (Å²) in [5.41, 5.74) is 0. The first kappa shape index (κ1) is 14.5. The van der Waals surface area contributed by atoms with E-state index in [4.69, 9.17) is 0 Å². The van der Waals surface area contributed by atoms with Crippen LogP contribution in [0.2, 0.25) is 0 Å². The van der Waals surface area contributed by atoms with E-state index in [0.717, 1.165) is 0 Å². The molecule has 0 N–H and O–H groups in total. The van der Waals surface area contributed by atoms with Crippen LogP contribution in [0.3, 0.4) is 0 Å². The van der Waals surface area contributed by atoms with Gasteiger partial charge in [0.15, 0.2) is 0 Å². The third kappa shape index (κ3) is 9.66. The smallest absolute Gasteiger partial charge is 0.00454 e. The summed E-state index contributed by atoms with van der Waals surface area (Å²) in [7, 11) is 13.6. The first-order chi connectivity index (χ1) is 7.00. The fourth-order valence-corrected chi connectivity index (χ4v) is 15.5. The van der Waals surface area contributed by atoms with Crippen molar-refractivity contribution in [2.24, 2.45) is 0 Å². The summed E-state index contributed by atoms with van der Waals surface area (Å²) < 4.78 is 0. The molecule has 1 heterocycles. The van der Waals surface area contributed by atoms with E-state index >= 15 is 0 Å². The van der Waals surface area contributed by atoms with Gasteiger partial charge < -0.3 is 0 Å². The Balaban J connectivity index is 2.00. The van der Waals surface area contributed by atoms with Gasteiger partial charge >= 0.3 is 0 Å². The zero-order valence-corrected chi connectivity index (χ0v) is 13.5. The quantitative estimate of drug-likeness (QED) is 0.456. The number of hydrogen-bond acceptors (Lipinski definition) is 7. The number of hydrogen-bond donors (Lipinski definition) is 0. The zero-order valence-electron chi connectivity index (χ0n) is 7.81. The summed E-state index contributed by atoms with van der Waals surface area (Å²) in [5, 5.41) is 0. The minimum atomic E-state index is 1.32. The van der Waals surface area contributed by atoms with Gasteiger partial charge in [-0.25, -0.2) is 0 Å². The van der Waals surface area contributed by atoms with Crippen molar-refractivity contribution in [2.75, 3.05) is 11.5 Å². The van der Waals surface area contributed by atoms with E-state index in [9.17, 15) is 0 Å². The summed E-state index contributed by atoms with van der Waals surface area (Å²) in [6, 6.07) is 0. The lowest BCUT2D eigenvalue weighted by molar-refractivity contribution is 0.663. The third-order valence-corrected chi connectivity index (χ3v) is 15.0. The van der Waals surface area contributed by atoms with E-state index in [1.807, 2.05) is 70.7 Å². The second-order valence-corrected chi connectivity index (χ2v) is 14.3. The maximum absolute atomic E-state index is 2.01. The maximum atomic E-state index is 2.01. The van der Waals surface area contributed by atoms with Crippen LogP contribution in [-0.4, -0.2) is 11.5 Å².